The maximum atomic E-state index is 6.14. The zero-order chi connectivity index (χ0) is 10.1. The quantitative estimate of drug-likeness (QED) is 0.790. The van der Waals surface area contributed by atoms with Crippen molar-refractivity contribution in [1.29, 1.82) is 0 Å². The molecule has 0 bridgehead atoms. The third-order valence-electron chi connectivity index (χ3n) is 1.94. The van der Waals surface area contributed by atoms with Gasteiger partial charge in [0.1, 0.15) is 0 Å². The van der Waals surface area contributed by atoms with Crippen molar-refractivity contribution in [3.63, 3.8) is 0 Å². The summed E-state index contributed by atoms with van der Waals surface area (Å²) in [6, 6.07) is 7.67. The third-order valence-corrected chi connectivity index (χ3v) is 3.29. The predicted molar refractivity (Wildman–Crippen MR) is 61.0 cm³/mol. The largest absolute Gasteiger partial charge is 0.480 e. The van der Waals surface area contributed by atoms with E-state index in [0.29, 0.717) is 15.4 Å². The lowest BCUT2D eigenvalue weighted by Gasteiger charge is -2.06. The van der Waals surface area contributed by atoms with Crippen LogP contribution >= 0.6 is 27.5 Å². The van der Waals surface area contributed by atoms with Gasteiger partial charge in [0.15, 0.2) is 0 Å². The second-order valence-corrected chi connectivity index (χ2v) is 3.94. The Balaban J connectivity index is 2.85. The van der Waals surface area contributed by atoms with Gasteiger partial charge in [0, 0.05) is 5.39 Å². The zero-order valence-electron chi connectivity index (χ0n) is 7.42. The molecule has 0 unspecified atom stereocenters. The molecule has 0 aliphatic carbocycles. The number of nitrogens with zero attached hydrogens (tertiary/aromatic N) is 1. The molecule has 2 rings (SSSR count). The first kappa shape index (κ1) is 9.74. The summed E-state index contributed by atoms with van der Waals surface area (Å²) in [5, 5.41) is 1.55. The average Bonchev–Trinajstić information content (AvgIpc) is 2.23. The number of benzene rings is 1. The molecule has 1 heterocycles. The number of rotatable bonds is 1. The lowest BCUT2D eigenvalue weighted by atomic mass is 10.2. The van der Waals surface area contributed by atoms with Gasteiger partial charge in [-0.1, -0.05) is 29.8 Å². The molecule has 0 amide bonds. The van der Waals surface area contributed by atoms with E-state index in [1.165, 1.54) is 0 Å². The normalized spacial score (nSPS) is 10.5. The second kappa shape index (κ2) is 3.75. The molecule has 0 saturated carbocycles. The highest BCUT2D eigenvalue weighted by Gasteiger charge is 2.10. The Hall–Kier alpha value is -0.800. The lowest BCUT2D eigenvalue weighted by Crippen LogP contribution is -1.90. The van der Waals surface area contributed by atoms with Crippen LogP contribution in [0.3, 0.4) is 0 Å². The van der Waals surface area contributed by atoms with Gasteiger partial charge in [-0.2, -0.15) is 0 Å². The number of ether oxygens (including phenoxy) is 1. The molecule has 0 radical (unpaired) electrons. The van der Waals surface area contributed by atoms with Gasteiger partial charge in [-0.25, -0.2) is 4.98 Å². The molecule has 2 nitrogen and oxygen atoms in total. The van der Waals surface area contributed by atoms with Crippen molar-refractivity contribution in [3.05, 3.63) is 33.8 Å². The van der Waals surface area contributed by atoms with E-state index in [2.05, 4.69) is 20.9 Å². The van der Waals surface area contributed by atoms with Gasteiger partial charge in [0.05, 0.1) is 22.1 Å². The molecule has 0 N–H and O–H groups in total. The molecule has 0 atom stereocenters. The predicted octanol–water partition coefficient (Wildman–Crippen LogP) is 3.66. The minimum atomic E-state index is 0.508. The van der Waals surface area contributed by atoms with Crippen LogP contribution in [0.1, 0.15) is 0 Å². The number of hydrogen-bond donors (Lipinski definition) is 0. The number of hydrogen-bond acceptors (Lipinski definition) is 2. The number of pyridine rings is 1. The van der Waals surface area contributed by atoms with Gasteiger partial charge in [-0.15, -0.1) is 0 Å². The summed E-state index contributed by atoms with van der Waals surface area (Å²) in [6.45, 7) is 0. The number of fused-ring (bicyclic) bond motifs is 1. The minimum absolute atomic E-state index is 0.508. The maximum absolute atomic E-state index is 6.14. The number of methoxy groups -OCH3 is 1. The van der Waals surface area contributed by atoms with Gasteiger partial charge >= 0.3 is 0 Å². The van der Waals surface area contributed by atoms with Crippen molar-refractivity contribution in [1.82, 2.24) is 4.98 Å². The van der Waals surface area contributed by atoms with Crippen LogP contribution in [0.5, 0.6) is 5.88 Å². The van der Waals surface area contributed by atoms with Crippen molar-refractivity contribution in [2.45, 2.75) is 0 Å². The Morgan fingerprint density at radius 2 is 2.07 bits per heavy atom. The molecule has 14 heavy (non-hydrogen) atoms. The van der Waals surface area contributed by atoms with Crippen molar-refractivity contribution < 1.29 is 4.74 Å². The van der Waals surface area contributed by atoms with E-state index in [1.807, 2.05) is 24.3 Å². The Kier molecular flexibility index (Phi) is 2.61. The number of halogens is 2. The van der Waals surface area contributed by atoms with E-state index < -0.39 is 0 Å². The molecular formula is C10H7BrClNO. The fraction of sp³-hybridized carbons (Fsp3) is 0.100. The fourth-order valence-corrected chi connectivity index (χ4v) is 1.97. The molecule has 0 aliphatic heterocycles. The summed E-state index contributed by atoms with van der Waals surface area (Å²) in [6.07, 6.45) is 0. The van der Waals surface area contributed by atoms with Crippen LogP contribution < -0.4 is 4.74 Å². The molecule has 0 aliphatic rings. The van der Waals surface area contributed by atoms with Crippen LogP contribution in [0.2, 0.25) is 5.02 Å². The molecule has 0 fully saturated rings. The molecule has 1 aromatic heterocycles. The van der Waals surface area contributed by atoms with Crippen LogP contribution in [0, 0.1) is 0 Å². The first-order valence-electron chi connectivity index (χ1n) is 4.01. The third kappa shape index (κ3) is 1.47. The average molecular weight is 273 g/mol. The topological polar surface area (TPSA) is 22.1 Å². The Labute approximate surface area is 95.0 Å². The van der Waals surface area contributed by atoms with Crippen LogP contribution in [0.25, 0.3) is 10.9 Å². The Morgan fingerprint density at radius 1 is 1.36 bits per heavy atom. The zero-order valence-corrected chi connectivity index (χ0v) is 9.76. The lowest BCUT2D eigenvalue weighted by molar-refractivity contribution is 0.397. The summed E-state index contributed by atoms with van der Waals surface area (Å²) >= 11 is 9.49. The standard InChI is InChI=1S/C10H7BrClNO/c1-14-10-8(11)9(12)6-4-2-3-5-7(6)13-10/h2-5H,1H3. The molecule has 72 valence electrons. The van der Waals surface area contributed by atoms with E-state index in [9.17, 15) is 0 Å². The highest BCUT2D eigenvalue weighted by atomic mass is 79.9. The number of para-hydroxylation sites is 1. The molecule has 0 saturated heterocycles. The van der Waals surface area contributed by atoms with E-state index in [0.717, 1.165) is 10.9 Å². The van der Waals surface area contributed by atoms with Gasteiger partial charge in [-0.05, 0) is 22.0 Å². The van der Waals surface area contributed by atoms with Crippen LogP contribution in [0.15, 0.2) is 28.7 Å². The van der Waals surface area contributed by atoms with Gasteiger partial charge in [0.25, 0.3) is 0 Å². The fourth-order valence-electron chi connectivity index (χ4n) is 1.26. The van der Waals surface area contributed by atoms with Crippen LogP contribution in [-0.4, -0.2) is 12.1 Å². The summed E-state index contributed by atoms with van der Waals surface area (Å²) in [5.74, 6) is 0.508. The summed E-state index contributed by atoms with van der Waals surface area (Å²) < 4.78 is 5.79. The minimum Gasteiger partial charge on any atom is -0.480 e. The van der Waals surface area contributed by atoms with Crippen molar-refractivity contribution >= 4 is 38.4 Å². The summed E-state index contributed by atoms with van der Waals surface area (Å²) in [7, 11) is 1.57. The van der Waals surface area contributed by atoms with Crippen LogP contribution in [0.4, 0.5) is 0 Å². The van der Waals surface area contributed by atoms with E-state index in [-0.39, 0.29) is 0 Å². The number of aromatic nitrogens is 1. The first-order chi connectivity index (χ1) is 6.74. The van der Waals surface area contributed by atoms with Gasteiger partial charge in [0.2, 0.25) is 5.88 Å². The summed E-state index contributed by atoms with van der Waals surface area (Å²) in [4.78, 5) is 4.30. The van der Waals surface area contributed by atoms with E-state index in [4.69, 9.17) is 16.3 Å². The van der Waals surface area contributed by atoms with Crippen molar-refractivity contribution in [3.8, 4) is 5.88 Å². The first-order valence-corrected chi connectivity index (χ1v) is 5.19. The molecule has 4 heteroatoms. The second-order valence-electron chi connectivity index (χ2n) is 2.77. The Morgan fingerprint density at radius 3 is 2.79 bits per heavy atom. The van der Waals surface area contributed by atoms with Gasteiger partial charge in [-0.3, -0.25) is 0 Å². The highest BCUT2D eigenvalue weighted by Crippen LogP contribution is 2.35. The Bertz CT molecular complexity index is 487. The van der Waals surface area contributed by atoms with Gasteiger partial charge < -0.3 is 4.74 Å². The monoisotopic (exact) mass is 271 g/mol. The van der Waals surface area contributed by atoms with E-state index in [1.54, 1.807) is 7.11 Å². The van der Waals surface area contributed by atoms with Crippen LogP contribution in [-0.2, 0) is 0 Å². The SMILES string of the molecule is COc1nc2ccccc2c(Cl)c1Br. The summed E-state index contributed by atoms with van der Waals surface area (Å²) in [5.41, 5.74) is 0.831. The molecule has 1 aromatic carbocycles. The molecular weight excluding hydrogens is 265 g/mol. The van der Waals surface area contributed by atoms with Crippen molar-refractivity contribution in [2.24, 2.45) is 0 Å². The smallest absolute Gasteiger partial charge is 0.229 e. The maximum Gasteiger partial charge on any atom is 0.229 e. The van der Waals surface area contributed by atoms with E-state index >= 15 is 0 Å². The molecule has 0 spiro atoms. The highest BCUT2D eigenvalue weighted by molar-refractivity contribution is 9.10. The molecule has 2 aromatic rings. The van der Waals surface area contributed by atoms with Crippen molar-refractivity contribution in [2.75, 3.05) is 7.11 Å².